The van der Waals surface area contributed by atoms with E-state index < -0.39 is 0 Å². The molecule has 0 bridgehead atoms. The van der Waals surface area contributed by atoms with Crippen LogP contribution in [0.2, 0.25) is 0 Å². The third-order valence-electron chi connectivity index (χ3n) is 5.96. The Morgan fingerprint density at radius 2 is 2.12 bits per heavy atom. The summed E-state index contributed by atoms with van der Waals surface area (Å²) in [6.07, 6.45) is 3.68. The van der Waals surface area contributed by atoms with Gasteiger partial charge in [-0.15, -0.1) is 5.10 Å². The van der Waals surface area contributed by atoms with Gasteiger partial charge in [0, 0.05) is 46.3 Å². The van der Waals surface area contributed by atoms with Crippen LogP contribution in [0.4, 0.5) is 6.01 Å². The monoisotopic (exact) mass is 466 g/mol. The van der Waals surface area contributed by atoms with Gasteiger partial charge in [-0.05, 0) is 13.8 Å². The molecule has 1 fully saturated rings. The number of nitrogens with zero attached hydrogens (tertiary/aromatic N) is 10. The van der Waals surface area contributed by atoms with Gasteiger partial charge >= 0.3 is 17.8 Å². The van der Waals surface area contributed by atoms with Crippen molar-refractivity contribution in [2.75, 3.05) is 32.1 Å². The molecular weight excluding hydrogens is 440 g/mol. The Bertz CT molecular complexity index is 1350. The molecule has 1 atom stereocenters. The van der Waals surface area contributed by atoms with Crippen molar-refractivity contribution in [1.29, 1.82) is 0 Å². The summed E-state index contributed by atoms with van der Waals surface area (Å²) in [5.41, 5.74) is 3.19. The van der Waals surface area contributed by atoms with Crippen molar-refractivity contribution in [2.24, 2.45) is 7.05 Å². The minimum absolute atomic E-state index is 0.0360. The third kappa shape index (κ3) is 3.62. The Morgan fingerprint density at radius 1 is 1.29 bits per heavy atom. The average Bonchev–Trinajstić information content (AvgIpc) is 3.61. The molecule has 1 aliphatic heterocycles. The van der Waals surface area contributed by atoms with Crippen LogP contribution in [-0.4, -0.2) is 83.6 Å². The van der Waals surface area contributed by atoms with E-state index in [9.17, 15) is 4.79 Å². The molecule has 5 rings (SSSR count). The molecule has 178 valence electrons. The molecule has 4 aromatic rings. The molecule has 13 heteroatoms. The van der Waals surface area contributed by atoms with Crippen LogP contribution in [-0.2, 0) is 13.6 Å². The second-order valence-corrected chi connectivity index (χ2v) is 8.37. The topological polar surface area (TPSA) is 133 Å². The van der Waals surface area contributed by atoms with Crippen LogP contribution in [0.25, 0.3) is 22.6 Å². The number of amides is 1. The predicted molar refractivity (Wildman–Crippen MR) is 121 cm³/mol. The Labute approximate surface area is 195 Å². The summed E-state index contributed by atoms with van der Waals surface area (Å²) in [7, 11) is 5.45. The molecular formula is C21H26N10O3. The zero-order chi connectivity index (χ0) is 24.0. The van der Waals surface area contributed by atoms with Gasteiger partial charge in [-0.3, -0.25) is 9.48 Å². The first kappa shape index (κ1) is 21.8. The Hall–Kier alpha value is -4.03. The lowest BCUT2D eigenvalue weighted by Crippen LogP contribution is -2.31. The number of carbonyl (C=O) groups excluding carboxylic acids is 1. The van der Waals surface area contributed by atoms with Gasteiger partial charge in [0.25, 0.3) is 0 Å². The van der Waals surface area contributed by atoms with E-state index in [-0.39, 0.29) is 23.9 Å². The summed E-state index contributed by atoms with van der Waals surface area (Å²) in [5, 5.41) is 12.2. The van der Waals surface area contributed by atoms with Crippen molar-refractivity contribution < 1.29 is 13.9 Å². The van der Waals surface area contributed by atoms with Gasteiger partial charge in [-0.2, -0.15) is 10.1 Å². The standard InChI is InChI=1S/C21H26N10O3/c1-6-31-12(2)14(9-24-31)16-25-15-17(29(16)5)22-11-23-18(15)33-13-7-8-30(10-13)20(32)19-26-27-21(34-19)28(3)4/h9,11,13H,6-8,10H2,1-5H3/t13-/m0/s1. The molecule has 1 aliphatic rings. The highest BCUT2D eigenvalue weighted by Gasteiger charge is 2.32. The summed E-state index contributed by atoms with van der Waals surface area (Å²) in [6.45, 7) is 5.74. The minimum atomic E-state index is -0.317. The molecule has 0 aliphatic carbocycles. The van der Waals surface area contributed by atoms with E-state index in [2.05, 4.69) is 25.3 Å². The molecule has 4 aromatic heterocycles. The van der Waals surface area contributed by atoms with Gasteiger partial charge in [-0.1, -0.05) is 5.10 Å². The minimum Gasteiger partial charge on any atom is -0.471 e. The average molecular weight is 467 g/mol. The highest BCUT2D eigenvalue weighted by atomic mass is 16.5. The summed E-state index contributed by atoms with van der Waals surface area (Å²) in [4.78, 5) is 29.6. The Kier molecular flexibility index (Phi) is 5.38. The molecule has 0 radical (unpaired) electrons. The van der Waals surface area contributed by atoms with Crippen molar-refractivity contribution >= 4 is 23.1 Å². The molecule has 0 spiro atoms. The maximum atomic E-state index is 12.8. The van der Waals surface area contributed by atoms with E-state index in [0.29, 0.717) is 36.6 Å². The number of anilines is 1. The SMILES string of the molecule is CCn1ncc(-c2nc3c(O[C@H]4CCN(C(=O)c5nnc(N(C)C)o5)C4)ncnc3n2C)c1C. The van der Waals surface area contributed by atoms with E-state index in [1.807, 2.05) is 36.3 Å². The molecule has 0 aromatic carbocycles. The van der Waals surface area contributed by atoms with Crippen molar-refractivity contribution in [3.8, 4) is 17.3 Å². The zero-order valence-corrected chi connectivity index (χ0v) is 19.8. The van der Waals surface area contributed by atoms with Crippen LogP contribution in [0.15, 0.2) is 16.9 Å². The van der Waals surface area contributed by atoms with Gasteiger partial charge in [0.2, 0.25) is 5.88 Å². The number of aromatic nitrogens is 8. The number of fused-ring (bicyclic) bond motifs is 1. The lowest BCUT2D eigenvalue weighted by atomic mass is 10.2. The highest BCUT2D eigenvalue weighted by molar-refractivity contribution is 5.90. The van der Waals surface area contributed by atoms with Gasteiger partial charge in [-0.25, -0.2) is 9.97 Å². The van der Waals surface area contributed by atoms with E-state index in [0.717, 1.165) is 23.6 Å². The van der Waals surface area contributed by atoms with Crippen LogP contribution >= 0.6 is 0 Å². The number of hydrogen-bond acceptors (Lipinski definition) is 10. The first-order valence-corrected chi connectivity index (χ1v) is 11.0. The summed E-state index contributed by atoms with van der Waals surface area (Å²) in [5.74, 6) is 0.780. The van der Waals surface area contributed by atoms with Gasteiger partial charge < -0.3 is 23.5 Å². The second kappa shape index (κ2) is 8.39. The molecule has 13 nitrogen and oxygen atoms in total. The smallest absolute Gasteiger partial charge is 0.318 e. The van der Waals surface area contributed by atoms with Crippen LogP contribution in [0, 0.1) is 6.92 Å². The lowest BCUT2D eigenvalue weighted by molar-refractivity contribution is 0.0733. The van der Waals surface area contributed by atoms with Crippen LogP contribution in [0.3, 0.4) is 0 Å². The lowest BCUT2D eigenvalue weighted by Gasteiger charge is -2.15. The molecule has 0 N–H and O–H groups in total. The van der Waals surface area contributed by atoms with Crippen LogP contribution in [0.1, 0.15) is 29.7 Å². The number of hydrogen-bond donors (Lipinski definition) is 0. The number of ether oxygens (including phenoxy) is 1. The van der Waals surface area contributed by atoms with Gasteiger partial charge in [0.05, 0.1) is 18.3 Å². The largest absolute Gasteiger partial charge is 0.471 e. The van der Waals surface area contributed by atoms with Crippen molar-refractivity contribution in [1.82, 2.24) is 44.4 Å². The summed E-state index contributed by atoms with van der Waals surface area (Å²) >= 11 is 0. The van der Waals surface area contributed by atoms with Gasteiger partial charge in [0.1, 0.15) is 18.3 Å². The number of rotatable bonds is 6. The first-order valence-electron chi connectivity index (χ1n) is 11.0. The molecule has 0 unspecified atom stereocenters. The maximum Gasteiger partial charge on any atom is 0.318 e. The normalized spacial score (nSPS) is 15.9. The van der Waals surface area contributed by atoms with Crippen molar-refractivity contribution in [2.45, 2.75) is 32.9 Å². The number of likely N-dealkylation sites (tertiary alicyclic amines) is 1. The van der Waals surface area contributed by atoms with Crippen LogP contribution in [0.5, 0.6) is 5.88 Å². The molecule has 0 saturated carbocycles. The molecule has 1 amide bonds. The van der Waals surface area contributed by atoms with Crippen LogP contribution < -0.4 is 9.64 Å². The fourth-order valence-electron chi connectivity index (χ4n) is 4.08. The van der Waals surface area contributed by atoms with Crippen molar-refractivity contribution in [3.05, 3.63) is 24.1 Å². The fourth-order valence-corrected chi connectivity index (χ4v) is 4.08. The zero-order valence-electron chi connectivity index (χ0n) is 19.8. The van der Waals surface area contributed by atoms with Gasteiger partial charge in [0.15, 0.2) is 11.2 Å². The predicted octanol–water partition coefficient (Wildman–Crippen LogP) is 1.30. The van der Waals surface area contributed by atoms with E-state index in [1.165, 1.54) is 6.33 Å². The van der Waals surface area contributed by atoms with E-state index in [4.69, 9.17) is 14.1 Å². The number of aryl methyl sites for hydroxylation is 2. The number of carbonyl (C=O) groups is 1. The van der Waals surface area contributed by atoms with E-state index >= 15 is 0 Å². The van der Waals surface area contributed by atoms with E-state index in [1.54, 1.807) is 23.9 Å². The first-order chi connectivity index (χ1) is 16.4. The number of imidazole rings is 1. The molecule has 34 heavy (non-hydrogen) atoms. The highest BCUT2D eigenvalue weighted by Crippen LogP contribution is 2.30. The molecule has 1 saturated heterocycles. The molecule has 5 heterocycles. The Balaban J connectivity index is 1.36. The summed E-state index contributed by atoms with van der Waals surface area (Å²) in [6, 6.07) is 0.282. The fraction of sp³-hybridized carbons (Fsp3) is 0.476. The summed E-state index contributed by atoms with van der Waals surface area (Å²) < 4.78 is 15.5. The third-order valence-corrected chi connectivity index (χ3v) is 5.96. The Morgan fingerprint density at radius 3 is 2.82 bits per heavy atom. The van der Waals surface area contributed by atoms with Crippen molar-refractivity contribution in [3.63, 3.8) is 0 Å². The second-order valence-electron chi connectivity index (χ2n) is 8.37. The maximum absolute atomic E-state index is 12.8. The quantitative estimate of drug-likeness (QED) is 0.409.